The molecule has 2 unspecified atom stereocenters. The van der Waals surface area contributed by atoms with Crippen molar-refractivity contribution in [1.82, 2.24) is 9.80 Å². The Bertz CT molecular complexity index is 679. The van der Waals surface area contributed by atoms with Gasteiger partial charge in [-0.25, -0.2) is 0 Å². The standard InChI is InChI=1S/C20H20N2O2/c23-19-18-12-11-17(21(19)13-15-7-3-1-4-8-15)20(24)22(18)14-16-9-5-2-6-10-16/h1-10,17-18H,11-14H2. The SMILES string of the molecule is O=C1C2CCC(C(=O)N2Cc2ccccc2)N1Cc1ccccc1. The first-order valence-corrected chi connectivity index (χ1v) is 8.43. The molecule has 3 saturated heterocycles. The Labute approximate surface area is 141 Å². The lowest BCUT2D eigenvalue weighted by atomic mass is 9.88. The van der Waals surface area contributed by atoms with E-state index in [9.17, 15) is 9.59 Å². The van der Waals surface area contributed by atoms with E-state index in [0.717, 1.165) is 24.0 Å². The van der Waals surface area contributed by atoms with Crippen LogP contribution in [0.15, 0.2) is 60.7 Å². The highest BCUT2D eigenvalue weighted by Crippen LogP contribution is 2.33. The summed E-state index contributed by atoms with van der Waals surface area (Å²) >= 11 is 0. The van der Waals surface area contributed by atoms with E-state index in [2.05, 4.69) is 0 Å². The fourth-order valence-electron chi connectivity index (χ4n) is 3.77. The molecule has 3 aliphatic heterocycles. The van der Waals surface area contributed by atoms with Gasteiger partial charge in [0.05, 0.1) is 0 Å². The van der Waals surface area contributed by atoms with Crippen molar-refractivity contribution >= 4 is 11.8 Å². The lowest BCUT2D eigenvalue weighted by Gasteiger charge is -2.49. The molecule has 4 nitrogen and oxygen atoms in total. The van der Waals surface area contributed by atoms with Crippen LogP contribution in [0.4, 0.5) is 0 Å². The van der Waals surface area contributed by atoms with E-state index < -0.39 is 0 Å². The van der Waals surface area contributed by atoms with Gasteiger partial charge in [0.15, 0.2) is 0 Å². The highest BCUT2D eigenvalue weighted by Gasteiger charge is 2.49. The number of hydrogen-bond acceptors (Lipinski definition) is 2. The van der Waals surface area contributed by atoms with E-state index in [1.54, 1.807) is 9.80 Å². The summed E-state index contributed by atoms with van der Waals surface area (Å²) in [6.45, 7) is 1.04. The molecule has 2 aromatic rings. The molecular formula is C20H20N2O2. The minimum absolute atomic E-state index is 0.0886. The van der Waals surface area contributed by atoms with Gasteiger partial charge in [0.2, 0.25) is 11.8 Å². The van der Waals surface area contributed by atoms with Gasteiger partial charge in [-0.2, -0.15) is 0 Å². The summed E-state index contributed by atoms with van der Waals surface area (Å²) < 4.78 is 0. The summed E-state index contributed by atoms with van der Waals surface area (Å²) in [7, 11) is 0. The van der Waals surface area contributed by atoms with Crippen LogP contribution < -0.4 is 0 Å². The molecule has 3 heterocycles. The minimum Gasteiger partial charge on any atom is -0.325 e. The van der Waals surface area contributed by atoms with Gasteiger partial charge in [0.1, 0.15) is 12.1 Å². The van der Waals surface area contributed by atoms with Crippen molar-refractivity contribution in [3.05, 3.63) is 71.8 Å². The van der Waals surface area contributed by atoms with Crippen LogP contribution in [0.5, 0.6) is 0 Å². The first kappa shape index (κ1) is 14.9. The number of piperazine rings is 1. The maximum Gasteiger partial charge on any atom is 0.246 e. The fourth-order valence-corrected chi connectivity index (χ4v) is 3.77. The van der Waals surface area contributed by atoms with Crippen LogP contribution in [0.3, 0.4) is 0 Å². The highest BCUT2D eigenvalue weighted by molar-refractivity contribution is 5.98. The molecule has 0 aromatic heterocycles. The second-order valence-corrected chi connectivity index (χ2v) is 6.51. The molecule has 24 heavy (non-hydrogen) atoms. The van der Waals surface area contributed by atoms with Gasteiger partial charge in [-0.1, -0.05) is 60.7 Å². The van der Waals surface area contributed by atoms with Crippen molar-refractivity contribution in [2.24, 2.45) is 0 Å². The number of benzene rings is 2. The molecule has 5 rings (SSSR count). The summed E-state index contributed by atoms with van der Waals surface area (Å²) in [4.78, 5) is 29.3. The number of fused-ring (bicyclic) bond motifs is 3. The maximum absolute atomic E-state index is 12.9. The lowest BCUT2D eigenvalue weighted by Crippen LogP contribution is -2.67. The summed E-state index contributed by atoms with van der Waals surface area (Å²) in [5.74, 6) is 0.177. The predicted molar refractivity (Wildman–Crippen MR) is 90.8 cm³/mol. The normalized spacial score (nSPS) is 23.0. The second kappa shape index (κ2) is 6.11. The van der Waals surface area contributed by atoms with Gasteiger partial charge in [-0.15, -0.1) is 0 Å². The van der Waals surface area contributed by atoms with Crippen molar-refractivity contribution in [2.75, 3.05) is 0 Å². The molecule has 0 spiro atoms. The van der Waals surface area contributed by atoms with Crippen molar-refractivity contribution in [3.63, 3.8) is 0 Å². The van der Waals surface area contributed by atoms with E-state index >= 15 is 0 Å². The zero-order valence-electron chi connectivity index (χ0n) is 13.5. The Hall–Kier alpha value is -2.62. The Morgan fingerprint density at radius 1 is 0.667 bits per heavy atom. The fraction of sp³-hybridized carbons (Fsp3) is 0.300. The third-order valence-corrected chi connectivity index (χ3v) is 4.99. The second-order valence-electron chi connectivity index (χ2n) is 6.51. The smallest absolute Gasteiger partial charge is 0.246 e. The number of carbonyl (C=O) groups is 2. The zero-order valence-corrected chi connectivity index (χ0v) is 13.5. The molecule has 3 fully saturated rings. The van der Waals surface area contributed by atoms with E-state index in [-0.39, 0.29) is 23.9 Å². The summed E-state index contributed by atoms with van der Waals surface area (Å²) in [6.07, 6.45) is 1.54. The number of hydrogen-bond donors (Lipinski definition) is 0. The molecule has 0 N–H and O–H groups in total. The molecule has 3 aliphatic rings. The van der Waals surface area contributed by atoms with Gasteiger partial charge in [-0.05, 0) is 24.0 Å². The Morgan fingerprint density at radius 2 is 1.04 bits per heavy atom. The molecule has 0 radical (unpaired) electrons. The summed E-state index contributed by atoms with van der Waals surface area (Å²) in [5, 5.41) is 0. The molecule has 0 saturated carbocycles. The van der Waals surface area contributed by atoms with Crippen LogP contribution in [0, 0.1) is 0 Å². The van der Waals surface area contributed by atoms with Crippen molar-refractivity contribution in [3.8, 4) is 0 Å². The summed E-state index contributed by atoms with van der Waals surface area (Å²) in [6, 6.07) is 19.2. The molecule has 2 amide bonds. The molecular weight excluding hydrogens is 300 g/mol. The minimum atomic E-state index is -0.314. The van der Waals surface area contributed by atoms with Crippen LogP contribution in [-0.4, -0.2) is 33.7 Å². The van der Waals surface area contributed by atoms with Gasteiger partial charge >= 0.3 is 0 Å². The highest BCUT2D eigenvalue weighted by atomic mass is 16.2. The van der Waals surface area contributed by atoms with Crippen LogP contribution in [0.1, 0.15) is 24.0 Å². The average molecular weight is 320 g/mol. The van der Waals surface area contributed by atoms with Crippen LogP contribution in [0.25, 0.3) is 0 Å². The average Bonchev–Trinajstić information content (AvgIpc) is 2.62. The predicted octanol–water partition coefficient (Wildman–Crippen LogP) is 2.59. The topological polar surface area (TPSA) is 40.6 Å². The molecule has 0 aliphatic carbocycles. The van der Waals surface area contributed by atoms with Crippen LogP contribution >= 0.6 is 0 Å². The Morgan fingerprint density at radius 3 is 1.42 bits per heavy atom. The van der Waals surface area contributed by atoms with Crippen molar-refractivity contribution in [1.29, 1.82) is 0 Å². The molecule has 2 atom stereocenters. The van der Waals surface area contributed by atoms with E-state index in [1.165, 1.54) is 0 Å². The molecule has 2 bridgehead atoms. The molecule has 122 valence electrons. The van der Waals surface area contributed by atoms with Gasteiger partial charge in [-0.3, -0.25) is 9.59 Å². The van der Waals surface area contributed by atoms with E-state index in [4.69, 9.17) is 0 Å². The Kier molecular flexibility index (Phi) is 3.81. The third-order valence-electron chi connectivity index (χ3n) is 4.99. The van der Waals surface area contributed by atoms with Crippen LogP contribution in [-0.2, 0) is 22.7 Å². The first-order valence-electron chi connectivity index (χ1n) is 8.43. The third kappa shape index (κ3) is 2.58. The zero-order chi connectivity index (χ0) is 16.5. The van der Waals surface area contributed by atoms with E-state index in [1.807, 2.05) is 60.7 Å². The van der Waals surface area contributed by atoms with Gasteiger partial charge < -0.3 is 9.80 Å². The number of piperidine rings is 2. The first-order chi connectivity index (χ1) is 11.7. The van der Waals surface area contributed by atoms with Gasteiger partial charge in [0.25, 0.3) is 0 Å². The Balaban J connectivity index is 1.55. The van der Waals surface area contributed by atoms with Gasteiger partial charge in [0, 0.05) is 13.1 Å². The lowest BCUT2D eigenvalue weighted by molar-refractivity contribution is -0.170. The number of nitrogens with zero attached hydrogens (tertiary/aromatic N) is 2. The number of rotatable bonds is 4. The molecule has 2 aromatic carbocycles. The number of amides is 2. The van der Waals surface area contributed by atoms with Crippen molar-refractivity contribution in [2.45, 2.75) is 38.0 Å². The summed E-state index contributed by atoms with van der Waals surface area (Å²) in [5.41, 5.74) is 2.14. The van der Waals surface area contributed by atoms with E-state index in [0.29, 0.717) is 13.1 Å². The number of carbonyl (C=O) groups excluding carboxylic acids is 2. The largest absolute Gasteiger partial charge is 0.325 e. The van der Waals surface area contributed by atoms with Crippen LogP contribution in [0.2, 0.25) is 0 Å². The quantitative estimate of drug-likeness (QED) is 0.869. The monoisotopic (exact) mass is 320 g/mol. The molecule has 4 heteroatoms. The van der Waals surface area contributed by atoms with Crippen molar-refractivity contribution < 1.29 is 9.59 Å². The maximum atomic E-state index is 12.9.